The van der Waals surface area contributed by atoms with Crippen LogP contribution in [0.3, 0.4) is 0 Å². The molecule has 3 rings (SSSR count). The fraction of sp³-hybridized carbons (Fsp3) is 0.538. The maximum absolute atomic E-state index is 5.17. The molecular weight excluding hydrogens is 266 g/mol. The van der Waals surface area contributed by atoms with Gasteiger partial charge in [-0.1, -0.05) is 12.8 Å². The standard InChI is InChI=1S/C7H15N.C6H3BrO/c1-8-6-2-3-7-4-5-7;7-5-3-4-1-2-6(5)8-4/h7-8H,2-6H2,1H3;1-3H. The van der Waals surface area contributed by atoms with Gasteiger partial charge in [0.05, 0.1) is 4.47 Å². The van der Waals surface area contributed by atoms with E-state index in [1.807, 2.05) is 25.2 Å². The first-order valence-corrected chi connectivity index (χ1v) is 6.71. The zero-order chi connectivity index (χ0) is 11.4. The van der Waals surface area contributed by atoms with Crippen LogP contribution in [-0.2, 0) is 0 Å². The zero-order valence-electron chi connectivity index (χ0n) is 9.63. The first-order chi connectivity index (χ1) is 7.79. The Morgan fingerprint density at radius 2 is 2.25 bits per heavy atom. The summed E-state index contributed by atoms with van der Waals surface area (Å²) in [6.45, 7) is 1.20. The van der Waals surface area contributed by atoms with E-state index in [-0.39, 0.29) is 0 Å². The summed E-state index contributed by atoms with van der Waals surface area (Å²) in [6, 6.07) is 5.84. The van der Waals surface area contributed by atoms with Gasteiger partial charge in [0, 0.05) is 0 Å². The Labute approximate surface area is 105 Å². The largest absolute Gasteiger partial charge is 0.456 e. The smallest absolute Gasteiger partial charge is 0.141 e. The lowest BCUT2D eigenvalue weighted by Crippen LogP contribution is -2.07. The highest BCUT2D eigenvalue weighted by atomic mass is 79.9. The molecule has 88 valence electrons. The summed E-state index contributed by atoms with van der Waals surface area (Å²) in [6.07, 6.45) is 5.84. The van der Waals surface area contributed by atoms with Crippen LogP contribution in [0.15, 0.2) is 27.1 Å². The van der Waals surface area contributed by atoms with Crippen molar-refractivity contribution in [1.29, 1.82) is 0 Å². The van der Waals surface area contributed by atoms with Gasteiger partial charge in [0.25, 0.3) is 0 Å². The summed E-state index contributed by atoms with van der Waals surface area (Å²) in [4.78, 5) is 0. The summed E-state index contributed by atoms with van der Waals surface area (Å²) in [7, 11) is 2.02. The van der Waals surface area contributed by atoms with E-state index < -0.39 is 0 Å². The molecule has 1 aliphatic carbocycles. The van der Waals surface area contributed by atoms with Crippen LogP contribution in [0.4, 0.5) is 0 Å². The molecular formula is C13H18BrNO. The Morgan fingerprint density at radius 3 is 2.62 bits per heavy atom. The summed E-state index contributed by atoms with van der Waals surface area (Å²) < 4.78 is 6.22. The fourth-order valence-electron chi connectivity index (χ4n) is 1.73. The normalized spacial score (nSPS) is 15.1. The van der Waals surface area contributed by atoms with Crippen molar-refractivity contribution in [2.24, 2.45) is 5.92 Å². The zero-order valence-corrected chi connectivity index (χ0v) is 11.2. The van der Waals surface area contributed by atoms with Crippen LogP contribution in [0.5, 0.6) is 0 Å². The second-order valence-corrected chi connectivity index (χ2v) is 5.24. The number of furan rings is 2. The molecule has 1 saturated carbocycles. The van der Waals surface area contributed by atoms with Crippen LogP contribution >= 0.6 is 15.9 Å². The van der Waals surface area contributed by atoms with Gasteiger partial charge in [-0.3, -0.25) is 0 Å². The van der Waals surface area contributed by atoms with Gasteiger partial charge >= 0.3 is 0 Å². The van der Waals surface area contributed by atoms with Gasteiger partial charge in [0.15, 0.2) is 0 Å². The molecule has 0 unspecified atom stereocenters. The summed E-state index contributed by atoms with van der Waals surface area (Å²) in [5, 5.41) is 3.15. The van der Waals surface area contributed by atoms with Crippen molar-refractivity contribution in [1.82, 2.24) is 5.32 Å². The minimum Gasteiger partial charge on any atom is -0.456 e. The van der Waals surface area contributed by atoms with E-state index in [4.69, 9.17) is 4.42 Å². The predicted octanol–water partition coefficient (Wildman–Crippen LogP) is 4.03. The third kappa shape index (κ3) is 3.49. The molecule has 3 heteroatoms. The van der Waals surface area contributed by atoms with E-state index in [0.717, 1.165) is 21.6 Å². The number of hydrogen-bond donors (Lipinski definition) is 1. The second kappa shape index (κ2) is 5.69. The third-order valence-electron chi connectivity index (χ3n) is 2.87. The van der Waals surface area contributed by atoms with Crippen LogP contribution < -0.4 is 5.32 Å². The predicted molar refractivity (Wildman–Crippen MR) is 71.0 cm³/mol. The molecule has 2 bridgehead atoms. The minimum atomic E-state index is 0.931. The number of halogens is 1. The third-order valence-corrected chi connectivity index (χ3v) is 3.49. The molecule has 0 amide bonds. The maximum atomic E-state index is 5.17. The van der Waals surface area contributed by atoms with Crippen molar-refractivity contribution in [3.8, 4) is 0 Å². The summed E-state index contributed by atoms with van der Waals surface area (Å²) in [5.41, 5.74) is 1.87. The molecule has 2 heterocycles. The number of nitrogens with one attached hydrogen (secondary N) is 1. The SMILES string of the molecule is Brc1cc2ccc1o2.CNCCCC1CC1. The Hall–Kier alpha value is -0.540. The molecule has 0 aliphatic heterocycles. The molecule has 16 heavy (non-hydrogen) atoms. The maximum Gasteiger partial charge on any atom is 0.141 e. The highest BCUT2D eigenvalue weighted by molar-refractivity contribution is 9.10. The average molecular weight is 284 g/mol. The van der Waals surface area contributed by atoms with Crippen LogP contribution in [0.25, 0.3) is 11.2 Å². The van der Waals surface area contributed by atoms with E-state index in [9.17, 15) is 0 Å². The molecule has 2 aromatic rings. The van der Waals surface area contributed by atoms with Crippen LogP contribution in [-0.4, -0.2) is 13.6 Å². The second-order valence-electron chi connectivity index (χ2n) is 4.38. The molecule has 2 aromatic heterocycles. The minimum absolute atomic E-state index is 0.931. The van der Waals surface area contributed by atoms with Crippen LogP contribution in [0, 0.1) is 5.92 Å². The van der Waals surface area contributed by atoms with Gasteiger partial charge in [0.2, 0.25) is 0 Å². The molecule has 0 saturated heterocycles. The lowest BCUT2D eigenvalue weighted by atomic mass is 10.2. The van der Waals surface area contributed by atoms with E-state index in [2.05, 4.69) is 21.2 Å². The first kappa shape index (κ1) is 11.9. The molecule has 2 nitrogen and oxygen atoms in total. The van der Waals surface area contributed by atoms with Gasteiger partial charge in [-0.25, -0.2) is 0 Å². The molecule has 0 atom stereocenters. The first-order valence-electron chi connectivity index (χ1n) is 5.91. The van der Waals surface area contributed by atoms with Crippen molar-refractivity contribution < 1.29 is 4.42 Å². The molecule has 0 spiro atoms. The summed E-state index contributed by atoms with van der Waals surface area (Å²) >= 11 is 3.32. The Balaban J connectivity index is 0.000000120. The number of rotatable bonds is 4. The van der Waals surface area contributed by atoms with Crippen LogP contribution in [0.2, 0.25) is 0 Å². The molecule has 0 radical (unpaired) electrons. The molecule has 1 aliphatic rings. The molecule has 1 fully saturated rings. The molecule has 0 aromatic carbocycles. The Bertz CT molecular complexity index is 408. The van der Waals surface area contributed by atoms with Gasteiger partial charge in [0.1, 0.15) is 11.2 Å². The van der Waals surface area contributed by atoms with Crippen molar-refractivity contribution >= 4 is 27.1 Å². The van der Waals surface area contributed by atoms with E-state index in [1.54, 1.807) is 0 Å². The monoisotopic (exact) mass is 283 g/mol. The van der Waals surface area contributed by atoms with E-state index in [0.29, 0.717) is 0 Å². The molecule has 1 N–H and O–H groups in total. The Kier molecular flexibility index (Phi) is 4.24. The Morgan fingerprint density at radius 1 is 1.44 bits per heavy atom. The van der Waals surface area contributed by atoms with Gasteiger partial charge in [-0.15, -0.1) is 0 Å². The highest BCUT2D eigenvalue weighted by Crippen LogP contribution is 2.33. The van der Waals surface area contributed by atoms with Gasteiger partial charge in [-0.05, 0) is 66.5 Å². The number of benzene rings is 1. The lowest BCUT2D eigenvalue weighted by molar-refractivity contribution is 0.631. The van der Waals surface area contributed by atoms with Gasteiger partial charge < -0.3 is 9.73 Å². The van der Waals surface area contributed by atoms with Crippen LogP contribution in [0.1, 0.15) is 25.7 Å². The van der Waals surface area contributed by atoms with Crippen molar-refractivity contribution in [2.45, 2.75) is 25.7 Å². The van der Waals surface area contributed by atoms with Crippen molar-refractivity contribution in [3.63, 3.8) is 0 Å². The fourth-order valence-corrected chi connectivity index (χ4v) is 2.17. The topological polar surface area (TPSA) is 25.2 Å². The number of fused-ring (bicyclic) bond motifs is 2. The quantitative estimate of drug-likeness (QED) is 0.857. The summed E-state index contributed by atoms with van der Waals surface area (Å²) in [5.74, 6) is 1.11. The average Bonchev–Trinajstić information content (AvgIpc) is 2.88. The van der Waals surface area contributed by atoms with Crippen molar-refractivity contribution in [2.75, 3.05) is 13.6 Å². The van der Waals surface area contributed by atoms with Gasteiger partial charge in [-0.2, -0.15) is 0 Å². The lowest BCUT2D eigenvalue weighted by Gasteiger charge is -1.94. The van der Waals surface area contributed by atoms with E-state index >= 15 is 0 Å². The van der Waals surface area contributed by atoms with Crippen molar-refractivity contribution in [3.05, 3.63) is 22.7 Å². The van der Waals surface area contributed by atoms with E-state index in [1.165, 1.54) is 32.2 Å². The number of hydrogen-bond acceptors (Lipinski definition) is 2. The highest BCUT2D eigenvalue weighted by Gasteiger charge is 2.19.